The summed E-state index contributed by atoms with van der Waals surface area (Å²) in [4.78, 5) is 3.04. The van der Waals surface area contributed by atoms with E-state index in [2.05, 4.69) is 10.3 Å². The third-order valence-electron chi connectivity index (χ3n) is 1.36. The Morgan fingerprint density at radius 1 is 1.36 bits per heavy atom. The van der Waals surface area contributed by atoms with E-state index in [1.165, 1.54) is 0 Å². The van der Waals surface area contributed by atoms with Gasteiger partial charge in [-0.1, -0.05) is 0 Å². The van der Waals surface area contributed by atoms with Crippen LogP contribution in [0, 0.1) is 5.39 Å². The van der Waals surface area contributed by atoms with Crippen LogP contribution in [0.4, 0.5) is 11.4 Å². The highest BCUT2D eigenvalue weighted by molar-refractivity contribution is 5.53. The second-order valence-corrected chi connectivity index (χ2v) is 2.18. The first-order chi connectivity index (χ1) is 5.36. The summed E-state index contributed by atoms with van der Waals surface area (Å²) in [5.74, 6) is 0. The van der Waals surface area contributed by atoms with Gasteiger partial charge >= 0.3 is 5.69 Å². The molecule has 1 rings (SSSR count). The SMILES string of the molecule is CCNc1ccc([N+]#N)cc1. The Kier molecular flexibility index (Phi) is 2.45. The van der Waals surface area contributed by atoms with Crippen LogP contribution in [0.2, 0.25) is 0 Å². The summed E-state index contributed by atoms with van der Waals surface area (Å²) in [7, 11) is 0. The van der Waals surface area contributed by atoms with Gasteiger partial charge in [0, 0.05) is 24.4 Å². The van der Waals surface area contributed by atoms with Gasteiger partial charge in [-0.3, -0.25) is 0 Å². The lowest BCUT2D eigenvalue weighted by Crippen LogP contribution is -1.94. The van der Waals surface area contributed by atoms with E-state index in [4.69, 9.17) is 5.39 Å². The lowest BCUT2D eigenvalue weighted by molar-refractivity contribution is 1.21. The van der Waals surface area contributed by atoms with E-state index in [0.29, 0.717) is 5.69 Å². The van der Waals surface area contributed by atoms with Crippen molar-refractivity contribution in [3.8, 4) is 0 Å². The quantitative estimate of drug-likeness (QED) is 0.655. The van der Waals surface area contributed by atoms with E-state index in [1.807, 2.05) is 19.1 Å². The molecule has 0 saturated carbocycles. The Labute approximate surface area is 65.7 Å². The molecule has 0 bridgehead atoms. The van der Waals surface area contributed by atoms with Gasteiger partial charge in [-0.25, -0.2) is 0 Å². The third kappa shape index (κ3) is 1.94. The van der Waals surface area contributed by atoms with Crippen molar-refractivity contribution in [2.75, 3.05) is 11.9 Å². The fourth-order valence-corrected chi connectivity index (χ4v) is 0.850. The molecule has 0 aromatic heterocycles. The zero-order valence-electron chi connectivity index (χ0n) is 6.41. The van der Waals surface area contributed by atoms with Crippen molar-refractivity contribution in [1.82, 2.24) is 0 Å². The highest BCUT2D eigenvalue weighted by Gasteiger charge is 2.00. The summed E-state index contributed by atoms with van der Waals surface area (Å²) in [5, 5.41) is 11.5. The molecule has 3 nitrogen and oxygen atoms in total. The van der Waals surface area contributed by atoms with Crippen LogP contribution in [0.3, 0.4) is 0 Å². The van der Waals surface area contributed by atoms with Crippen molar-refractivity contribution in [2.45, 2.75) is 6.92 Å². The molecule has 0 saturated heterocycles. The predicted octanol–water partition coefficient (Wildman–Crippen LogP) is 2.60. The van der Waals surface area contributed by atoms with Crippen LogP contribution >= 0.6 is 0 Å². The van der Waals surface area contributed by atoms with Crippen LogP contribution in [0.5, 0.6) is 0 Å². The molecule has 0 atom stereocenters. The lowest BCUT2D eigenvalue weighted by atomic mass is 10.3. The van der Waals surface area contributed by atoms with E-state index in [9.17, 15) is 0 Å². The second-order valence-electron chi connectivity index (χ2n) is 2.18. The van der Waals surface area contributed by atoms with Crippen molar-refractivity contribution in [1.29, 1.82) is 5.39 Å². The summed E-state index contributed by atoms with van der Waals surface area (Å²) >= 11 is 0. The number of hydrogen-bond donors (Lipinski definition) is 1. The van der Waals surface area contributed by atoms with E-state index >= 15 is 0 Å². The van der Waals surface area contributed by atoms with Crippen LogP contribution in [-0.2, 0) is 0 Å². The van der Waals surface area contributed by atoms with Crippen LogP contribution in [0.15, 0.2) is 24.3 Å². The Morgan fingerprint density at radius 2 is 2.00 bits per heavy atom. The van der Waals surface area contributed by atoms with E-state index in [1.54, 1.807) is 12.1 Å². The first-order valence-corrected chi connectivity index (χ1v) is 3.56. The van der Waals surface area contributed by atoms with Crippen molar-refractivity contribution >= 4 is 11.4 Å². The number of hydrogen-bond acceptors (Lipinski definition) is 2. The Morgan fingerprint density at radius 3 is 2.45 bits per heavy atom. The number of rotatable bonds is 2. The molecule has 0 unspecified atom stereocenters. The van der Waals surface area contributed by atoms with E-state index in [0.717, 1.165) is 12.2 Å². The Hall–Kier alpha value is -1.56. The zero-order valence-corrected chi connectivity index (χ0v) is 6.41. The molecular weight excluding hydrogens is 138 g/mol. The average molecular weight is 148 g/mol. The third-order valence-corrected chi connectivity index (χ3v) is 1.36. The lowest BCUT2D eigenvalue weighted by Gasteiger charge is -1.98. The maximum atomic E-state index is 8.36. The number of anilines is 1. The fraction of sp³-hybridized carbons (Fsp3) is 0.250. The van der Waals surface area contributed by atoms with Crippen molar-refractivity contribution in [3.63, 3.8) is 0 Å². The molecule has 3 heteroatoms. The van der Waals surface area contributed by atoms with Gasteiger partial charge < -0.3 is 5.32 Å². The maximum Gasteiger partial charge on any atom is 0.385 e. The van der Waals surface area contributed by atoms with Gasteiger partial charge in [0.05, 0.1) is 0 Å². The van der Waals surface area contributed by atoms with Crippen molar-refractivity contribution in [3.05, 3.63) is 29.2 Å². The molecule has 0 amide bonds. The maximum absolute atomic E-state index is 8.36. The van der Waals surface area contributed by atoms with Gasteiger partial charge in [0.15, 0.2) is 4.98 Å². The summed E-state index contributed by atoms with van der Waals surface area (Å²) in [5.41, 5.74) is 1.62. The van der Waals surface area contributed by atoms with Crippen molar-refractivity contribution in [2.24, 2.45) is 0 Å². The minimum atomic E-state index is 0.576. The average Bonchev–Trinajstić information content (AvgIpc) is 2.07. The summed E-state index contributed by atoms with van der Waals surface area (Å²) in [6.07, 6.45) is 0. The van der Waals surface area contributed by atoms with Crippen LogP contribution < -0.4 is 5.32 Å². The number of diazo groups is 1. The number of nitrogens with zero attached hydrogens (tertiary/aromatic N) is 2. The van der Waals surface area contributed by atoms with Crippen LogP contribution in [-0.4, -0.2) is 6.54 Å². The molecule has 56 valence electrons. The monoisotopic (exact) mass is 148 g/mol. The minimum Gasteiger partial charge on any atom is -0.385 e. The molecule has 1 aromatic rings. The normalized spacial score (nSPS) is 8.73. The number of nitrogens with one attached hydrogen (secondary N) is 1. The first-order valence-electron chi connectivity index (χ1n) is 3.56. The fourth-order valence-electron chi connectivity index (χ4n) is 0.850. The minimum absolute atomic E-state index is 0.576. The molecule has 0 spiro atoms. The van der Waals surface area contributed by atoms with Gasteiger partial charge in [0.2, 0.25) is 5.39 Å². The van der Waals surface area contributed by atoms with Crippen LogP contribution in [0.1, 0.15) is 6.92 Å². The molecule has 1 N–H and O–H groups in total. The highest BCUT2D eigenvalue weighted by atomic mass is 14.9. The van der Waals surface area contributed by atoms with Gasteiger partial charge in [0.1, 0.15) is 0 Å². The molecule has 0 aliphatic carbocycles. The zero-order chi connectivity index (χ0) is 8.10. The standard InChI is InChI=1S/C8H10N3/c1-2-10-7-3-5-8(11-9)6-4-7/h3-6,10H,2H2,1H3/q+1. The Balaban J connectivity index is 2.76. The van der Waals surface area contributed by atoms with Gasteiger partial charge in [-0.05, 0) is 19.1 Å². The molecular formula is C8H10N3+. The number of benzene rings is 1. The smallest absolute Gasteiger partial charge is 0.385 e. The first kappa shape index (κ1) is 7.55. The highest BCUT2D eigenvalue weighted by Crippen LogP contribution is 2.15. The summed E-state index contributed by atoms with van der Waals surface area (Å²) in [6.45, 7) is 2.93. The Bertz CT molecular complexity index is 258. The van der Waals surface area contributed by atoms with Gasteiger partial charge in [-0.2, -0.15) is 0 Å². The molecule has 0 fully saturated rings. The van der Waals surface area contributed by atoms with Crippen molar-refractivity contribution < 1.29 is 0 Å². The van der Waals surface area contributed by atoms with Crippen LogP contribution in [0.25, 0.3) is 4.98 Å². The largest absolute Gasteiger partial charge is 0.385 e. The molecule has 0 heterocycles. The molecule has 11 heavy (non-hydrogen) atoms. The van der Waals surface area contributed by atoms with E-state index < -0.39 is 0 Å². The van der Waals surface area contributed by atoms with E-state index in [-0.39, 0.29) is 0 Å². The van der Waals surface area contributed by atoms with Gasteiger partial charge in [0.25, 0.3) is 0 Å². The van der Waals surface area contributed by atoms with Gasteiger partial charge in [-0.15, -0.1) is 0 Å². The molecule has 1 aromatic carbocycles. The molecule has 0 aliphatic heterocycles. The summed E-state index contributed by atoms with van der Waals surface area (Å²) in [6, 6.07) is 7.24. The molecule has 0 radical (unpaired) electrons. The summed E-state index contributed by atoms with van der Waals surface area (Å²) < 4.78 is 0. The second kappa shape index (κ2) is 3.57. The predicted molar refractivity (Wildman–Crippen MR) is 45.3 cm³/mol. The molecule has 0 aliphatic rings. The topological polar surface area (TPSA) is 40.2 Å².